The van der Waals surface area contributed by atoms with Crippen molar-refractivity contribution >= 4 is 14.3 Å². The molecule has 1 saturated carbocycles. The van der Waals surface area contributed by atoms with Gasteiger partial charge in [0.05, 0.1) is 18.3 Å². The molecule has 32 heavy (non-hydrogen) atoms. The maximum absolute atomic E-state index is 11.9. The molecule has 0 aromatic carbocycles. The molecule has 0 unspecified atom stereocenters. The molecule has 6 atom stereocenters. The minimum Gasteiger partial charge on any atom is -0.460 e. The topological polar surface area (TPSA) is 44.8 Å². The number of carbonyl (C=O) groups is 1. The van der Waals surface area contributed by atoms with Gasteiger partial charge in [0.25, 0.3) is 0 Å². The zero-order chi connectivity index (χ0) is 24.1. The van der Waals surface area contributed by atoms with E-state index >= 15 is 0 Å². The largest absolute Gasteiger partial charge is 0.460 e. The van der Waals surface area contributed by atoms with Crippen molar-refractivity contribution < 1.29 is 18.7 Å². The molecule has 182 valence electrons. The smallest absolute Gasteiger partial charge is 0.303 e. The van der Waals surface area contributed by atoms with Crippen LogP contribution in [0.25, 0.3) is 0 Å². The molecule has 0 amide bonds. The zero-order valence-electron chi connectivity index (χ0n) is 21.9. The summed E-state index contributed by atoms with van der Waals surface area (Å²) in [5.41, 5.74) is 2.16. The van der Waals surface area contributed by atoms with Crippen LogP contribution in [0, 0.1) is 17.8 Å². The molecule has 3 aliphatic rings. The van der Waals surface area contributed by atoms with Gasteiger partial charge in [-0.25, -0.2) is 0 Å². The Hall–Kier alpha value is -0.913. The lowest BCUT2D eigenvalue weighted by Crippen LogP contribution is -2.52. The molecular formula is C27H46O4Si. The molecule has 1 aliphatic carbocycles. The molecule has 0 N–H and O–H groups in total. The van der Waals surface area contributed by atoms with Gasteiger partial charge in [-0.1, -0.05) is 44.6 Å². The summed E-state index contributed by atoms with van der Waals surface area (Å²) in [5.74, 6) is 0.569. The third-order valence-electron chi connectivity index (χ3n) is 8.62. The number of fused-ring (bicyclic) bond motifs is 5. The van der Waals surface area contributed by atoms with Gasteiger partial charge in [-0.05, 0) is 71.0 Å². The molecule has 0 radical (unpaired) electrons. The van der Waals surface area contributed by atoms with Crippen LogP contribution < -0.4 is 0 Å². The van der Waals surface area contributed by atoms with Crippen molar-refractivity contribution in [3.63, 3.8) is 0 Å². The Morgan fingerprint density at radius 3 is 2.44 bits per heavy atom. The Balaban J connectivity index is 2.03. The number of carbonyl (C=O) groups excluding carboxylic acids is 1. The lowest BCUT2D eigenvalue weighted by Gasteiger charge is -2.47. The Morgan fingerprint density at radius 2 is 1.84 bits per heavy atom. The van der Waals surface area contributed by atoms with Crippen LogP contribution in [0.4, 0.5) is 0 Å². The molecule has 2 aliphatic heterocycles. The highest BCUT2D eigenvalue weighted by molar-refractivity contribution is 6.74. The summed E-state index contributed by atoms with van der Waals surface area (Å²) < 4.78 is 19.9. The molecule has 4 nitrogen and oxygen atoms in total. The second-order valence-electron chi connectivity index (χ2n) is 12.5. The highest BCUT2D eigenvalue weighted by atomic mass is 28.4. The fourth-order valence-electron chi connectivity index (χ4n) is 6.05. The van der Waals surface area contributed by atoms with Crippen molar-refractivity contribution in [2.45, 2.75) is 123 Å². The van der Waals surface area contributed by atoms with E-state index in [0.717, 1.165) is 32.1 Å². The molecule has 0 aromatic heterocycles. The maximum atomic E-state index is 11.9. The molecule has 2 bridgehead atoms. The summed E-state index contributed by atoms with van der Waals surface area (Å²) in [5, 5.41) is 0.140. The summed E-state index contributed by atoms with van der Waals surface area (Å²) >= 11 is 0. The predicted molar refractivity (Wildman–Crippen MR) is 133 cm³/mol. The second-order valence-corrected chi connectivity index (χ2v) is 17.2. The molecule has 2 fully saturated rings. The number of ether oxygens (including phenoxy) is 2. The van der Waals surface area contributed by atoms with Gasteiger partial charge in [0.15, 0.2) is 8.32 Å². The minimum absolute atomic E-state index is 0.00954. The molecule has 5 heteroatoms. The van der Waals surface area contributed by atoms with E-state index < -0.39 is 13.9 Å². The second kappa shape index (κ2) is 9.03. The van der Waals surface area contributed by atoms with E-state index in [2.05, 4.69) is 67.3 Å². The van der Waals surface area contributed by atoms with Crippen LogP contribution in [-0.2, 0) is 18.7 Å². The van der Waals surface area contributed by atoms with Gasteiger partial charge >= 0.3 is 5.97 Å². The SMILES string of the molecule is C=C1CC[C@H](C(C)(C)OC(C)=O)[C@H]2[C@H]3O[C@H](C/C(C)=C/CC[C@@H]3O[Si](C)(C)C(C)(C)C)[C@@H]12. The first kappa shape index (κ1) is 25.7. The fourth-order valence-corrected chi connectivity index (χ4v) is 7.41. The first-order valence-corrected chi connectivity index (χ1v) is 15.4. The van der Waals surface area contributed by atoms with E-state index in [9.17, 15) is 4.79 Å². The number of rotatable bonds is 4. The minimum atomic E-state index is -1.98. The van der Waals surface area contributed by atoms with Gasteiger partial charge < -0.3 is 13.9 Å². The zero-order valence-corrected chi connectivity index (χ0v) is 22.9. The molecule has 0 aromatic rings. The highest BCUT2D eigenvalue weighted by Gasteiger charge is 2.58. The van der Waals surface area contributed by atoms with Crippen LogP contribution in [-0.4, -0.2) is 38.2 Å². The Bertz CT molecular complexity index is 760. The van der Waals surface area contributed by atoms with Crippen LogP contribution in [0.3, 0.4) is 0 Å². The van der Waals surface area contributed by atoms with Gasteiger partial charge in [0.2, 0.25) is 0 Å². The molecular weight excluding hydrogens is 416 g/mol. The highest BCUT2D eigenvalue weighted by Crippen LogP contribution is 2.55. The summed E-state index contributed by atoms with van der Waals surface area (Å²) in [6.07, 6.45) is 7.47. The van der Waals surface area contributed by atoms with E-state index in [1.54, 1.807) is 0 Å². The van der Waals surface area contributed by atoms with E-state index in [0.29, 0.717) is 5.92 Å². The van der Waals surface area contributed by atoms with Gasteiger partial charge in [0, 0.05) is 24.7 Å². The van der Waals surface area contributed by atoms with Gasteiger partial charge in [-0.2, -0.15) is 0 Å². The van der Waals surface area contributed by atoms with Crippen LogP contribution in [0.15, 0.2) is 23.8 Å². The summed E-state index contributed by atoms with van der Waals surface area (Å²) in [4.78, 5) is 11.9. The third kappa shape index (κ3) is 5.10. The Morgan fingerprint density at radius 1 is 1.19 bits per heavy atom. The normalized spacial score (nSPS) is 35.8. The van der Waals surface area contributed by atoms with Crippen molar-refractivity contribution in [3.8, 4) is 0 Å². The monoisotopic (exact) mass is 462 g/mol. The molecule has 2 heterocycles. The van der Waals surface area contributed by atoms with Crippen molar-refractivity contribution in [2.24, 2.45) is 17.8 Å². The first-order valence-electron chi connectivity index (χ1n) is 12.5. The van der Waals surface area contributed by atoms with Gasteiger partial charge in [0.1, 0.15) is 5.60 Å². The van der Waals surface area contributed by atoms with Crippen LogP contribution in [0.1, 0.15) is 80.6 Å². The Labute approximate surface area is 197 Å². The van der Waals surface area contributed by atoms with E-state index in [4.69, 9.17) is 13.9 Å². The third-order valence-corrected chi connectivity index (χ3v) is 13.1. The first-order chi connectivity index (χ1) is 14.6. The standard InChI is InChI=1S/C27H46O4Si/c1-17-12-11-13-21(31-32(9,10)26(4,5)6)25-24-20(27(7,8)30-19(3)28)15-14-18(2)23(24)22(16-17)29-25/h12,20-25H,2,11,13-16H2,1,3-10H3/b17-12+/t20-,21-,22+,23+,24+,25-/m0/s1. The summed E-state index contributed by atoms with van der Waals surface area (Å²) in [7, 11) is -1.98. The van der Waals surface area contributed by atoms with Gasteiger partial charge in [-0.15, -0.1) is 0 Å². The molecule has 1 saturated heterocycles. The van der Waals surface area contributed by atoms with Crippen molar-refractivity contribution in [3.05, 3.63) is 23.8 Å². The summed E-state index contributed by atoms with van der Waals surface area (Å²) in [6, 6.07) is 0. The lowest BCUT2D eigenvalue weighted by molar-refractivity contribution is -0.165. The van der Waals surface area contributed by atoms with E-state index in [1.165, 1.54) is 18.1 Å². The van der Waals surface area contributed by atoms with E-state index in [-0.39, 0.29) is 41.2 Å². The molecule has 3 rings (SSSR count). The van der Waals surface area contributed by atoms with Crippen LogP contribution >= 0.6 is 0 Å². The molecule has 0 spiro atoms. The maximum Gasteiger partial charge on any atom is 0.303 e. The van der Waals surface area contributed by atoms with Crippen LogP contribution in [0.2, 0.25) is 18.1 Å². The number of esters is 1. The van der Waals surface area contributed by atoms with Crippen molar-refractivity contribution in [1.82, 2.24) is 0 Å². The number of hydrogen-bond donors (Lipinski definition) is 0. The average Bonchev–Trinajstić information content (AvgIpc) is 3.00. The van der Waals surface area contributed by atoms with Crippen molar-refractivity contribution in [1.29, 1.82) is 0 Å². The summed E-state index contributed by atoms with van der Waals surface area (Å²) in [6.45, 7) is 24.0. The van der Waals surface area contributed by atoms with Crippen LogP contribution in [0.5, 0.6) is 0 Å². The number of allylic oxidation sites excluding steroid dienone is 1. The predicted octanol–water partition coefficient (Wildman–Crippen LogP) is 6.81. The quantitative estimate of drug-likeness (QED) is 0.261. The fraction of sp³-hybridized carbons (Fsp3) is 0.815. The number of hydrogen-bond acceptors (Lipinski definition) is 4. The van der Waals surface area contributed by atoms with E-state index in [1.807, 2.05) is 0 Å². The van der Waals surface area contributed by atoms with Crippen molar-refractivity contribution in [2.75, 3.05) is 0 Å². The average molecular weight is 463 g/mol. The lowest BCUT2D eigenvalue weighted by atomic mass is 9.61. The van der Waals surface area contributed by atoms with Gasteiger partial charge in [-0.3, -0.25) is 4.79 Å². The Kier molecular flexibility index (Phi) is 7.26.